The van der Waals surface area contributed by atoms with Gasteiger partial charge in [-0.2, -0.15) is 0 Å². The molecule has 0 spiro atoms. The first-order chi connectivity index (χ1) is 12.1. The van der Waals surface area contributed by atoms with Crippen molar-refractivity contribution in [3.8, 4) is 0 Å². The zero-order chi connectivity index (χ0) is 18.8. The summed E-state index contributed by atoms with van der Waals surface area (Å²) in [6.07, 6.45) is 19.0. The van der Waals surface area contributed by atoms with E-state index in [1.54, 1.807) is 6.08 Å². The normalized spacial score (nSPS) is 14.2. The van der Waals surface area contributed by atoms with Crippen LogP contribution in [0.4, 0.5) is 0 Å². The third kappa shape index (κ3) is 14.6. The molecule has 0 saturated carbocycles. The number of nitro groups is 1. The number of allylic oxidation sites excluding steroid dienone is 2. The molecule has 5 heteroatoms. The molecule has 1 radical (unpaired) electrons. The van der Waals surface area contributed by atoms with Crippen LogP contribution in [0.1, 0.15) is 84.0 Å². The van der Waals surface area contributed by atoms with Crippen LogP contribution in [0, 0.1) is 10.1 Å². The Balaban J connectivity index is 3.95. The molecular weight excluding hydrogens is 318 g/mol. The molecule has 0 rings (SSSR count). The van der Waals surface area contributed by atoms with Gasteiger partial charge in [-0.05, 0) is 32.1 Å². The second-order valence-corrected chi connectivity index (χ2v) is 6.43. The molecule has 0 aromatic carbocycles. The van der Waals surface area contributed by atoms with Gasteiger partial charge in [0.15, 0.2) is 6.29 Å². The number of hydrogen-bond acceptors (Lipinski definition) is 4. The summed E-state index contributed by atoms with van der Waals surface area (Å²) >= 11 is 0. The smallest absolute Gasteiger partial charge is 0.242 e. The highest BCUT2D eigenvalue weighted by molar-refractivity contribution is 5.50. The van der Waals surface area contributed by atoms with Crippen LogP contribution in [0.3, 0.4) is 0 Å². The van der Waals surface area contributed by atoms with Crippen LogP contribution in [-0.2, 0) is 4.79 Å². The maximum atomic E-state index is 11.1. The van der Waals surface area contributed by atoms with E-state index in [1.807, 2.05) is 24.5 Å². The Bertz CT molecular complexity index is 393. The van der Waals surface area contributed by atoms with Crippen molar-refractivity contribution in [1.82, 2.24) is 0 Å². The van der Waals surface area contributed by atoms with Crippen LogP contribution in [-0.4, -0.2) is 28.5 Å². The second-order valence-electron chi connectivity index (χ2n) is 6.43. The SMILES string of the molecule is CCCCCCCC/C=C\CC(O)C(C/C=C\CCC[C]=O)[N+](=O)[O-]. The van der Waals surface area contributed by atoms with Gasteiger partial charge < -0.3 is 5.11 Å². The lowest BCUT2D eigenvalue weighted by Gasteiger charge is -2.12. The number of unbranched alkanes of at least 4 members (excludes halogenated alkanes) is 8. The van der Waals surface area contributed by atoms with E-state index in [2.05, 4.69) is 6.92 Å². The van der Waals surface area contributed by atoms with Gasteiger partial charge in [-0.25, -0.2) is 0 Å². The Morgan fingerprint density at radius 1 is 0.960 bits per heavy atom. The van der Waals surface area contributed by atoms with E-state index in [1.165, 1.54) is 32.1 Å². The summed E-state index contributed by atoms with van der Waals surface area (Å²) in [7, 11) is 0. The fourth-order valence-electron chi connectivity index (χ4n) is 2.58. The number of carbonyl (C=O) groups excluding carboxylic acids is 1. The Hall–Kier alpha value is -1.49. The van der Waals surface area contributed by atoms with Crippen LogP contribution in [0.5, 0.6) is 0 Å². The molecular formula is C20H34NO4. The molecule has 0 aliphatic rings. The Kier molecular flexibility index (Phi) is 16.3. The van der Waals surface area contributed by atoms with Crippen molar-refractivity contribution >= 4 is 6.29 Å². The van der Waals surface area contributed by atoms with Crippen molar-refractivity contribution < 1.29 is 14.8 Å². The molecule has 0 fully saturated rings. The highest BCUT2D eigenvalue weighted by atomic mass is 16.6. The van der Waals surface area contributed by atoms with E-state index >= 15 is 0 Å². The number of hydrogen-bond donors (Lipinski definition) is 1. The van der Waals surface area contributed by atoms with Gasteiger partial charge in [0, 0.05) is 17.8 Å². The van der Waals surface area contributed by atoms with E-state index in [9.17, 15) is 20.0 Å². The van der Waals surface area contributed by atoms with Crippen molar-refractivity contribution in [3.05, 3.63) is 34.4 Å². The quantitative estimate of drug-likeness (QED) is 0.174. The summed E-state index contributed by atoms with van der Waals surface area (Å²) in [4.78, 5) is 20.8. The second kappa shape index (κ2) is 17.3. The first kappa shape index (κ1) is 23.5. The number of aliphatic hydroxyl groups excluding tert-OH is 1. The molecule has 0 aromatic heterocycles. The van der Waals surface area contributed by atoms with Crippen molar-refractivity contribution in [3.63, 3.8) is 0 Å². The Morgan fingerprint density at radius 3 is 2.20 bits per heavy atom. The van der Waals surface area contributed by atoms with Gasteiger partial charge in [0.25, 0.3) is 0 Å². The first-order valence-corrected chi connectivity index (χ1v) is 9.60. The Labute approximate surface area is 152 Å². The van der Waals surface area contributed by atoms with Crippen molar-refractivity contribution in [2.75, 3.05) is 0 Å². The monoisotopic (exact) mass is 352 g/mol. The summed E-state index contributed by atoms with van der Waals surface area (Å²) < 4.78 is 0. The van der Waals surface area contributed by atoms with E-state index in [0.717, 1.165) is 12.8 Å². The molecule has 25 heavy (non-hydrogen) atoms. The zero-order valence-corrected chi connectivity index (χ0v) is 15.6. The van der Waals surface area contributed by atoms with Crippen LogP contribution in [0.2, 0.25) is 0 Å². The van der Waals surface area contributed by atoms with Gasteiger partial charge in [0.05, 0.1) is 0 Å². The lowest BCUT2D eigenvalue weighted by atomic mass is 10.0. The summed E-state index contributed by atoms with van der Waals surface area (Å²) in [5, 5.41) is 21.1. The maximum Gasteiger partial charge on any atom is 0.242 e. The Morgan fingerprint density at radius 2 is 1.56 bits per heavy atom. The van der Waals surface area contributed by atoms with Crippen LogP contribution < -0.4 is 0 Å². The first-order valence-electron chi connectivity index (χ1n) is 9.60. The fourth-order valence-corrected chi connectivity index (χ4v) is 2.58. The molecule has 0 aromatic rings. The predicted octanol–water partition coefficient (Wildman–Crippen LogP) is 4.92. The van der Waals surface area contributed by atoms with Gasteiger partial charge in [-0.1, -0.05) is 63.3 Å². The summed E-state index contributed by atoms with van der Waals surface area (Å²) in [5.41, 5.74) is 0. The minimum Gasteiger partial charge on any atom is -0.386 e. The molecule has 2 atom stereocenters. The minimum absolute atomic E-state index is 0.213. The predicted molar refractivity (Wildman–Crippen MR) is 102 cm³/mol. The van der Waals surface area contributed by atoms with Gasteiger partial charge in [-0.15, -0.1) is 0 Å². The summed E-state index contributed by atoms with van der Waals surface area (Å²) in [6.45, 7) is 2.20. The van der Waals surface area contributed by atoms with E-state index in [4.69, 9.17) is 0 Å². The summed E-state index contributed by atoms with van der Waals surface area (Å²) in [6, 6.07) is -0.979. The van der Waals surface area contributed by atoms with Crippen LogP contribution in [0.25, 0.3) is 0 Å². The van der Waals surface area contributed by atoms with E-state index in [-0.39, 0.29) is 6.42 Å². The molecule has 0 amide bonds. The number of aliphatic hydroxyl groups is 1. The van der Waals surface area contributed by atoms with Crippen molar-refractivity contribution in [1.29, 1.82) is 0 Å². The lowest BCUT2D eigenvalue weighted by Crippen LogP contribution is -2.32. The average Bonchev–Trinajstić information content (AvgIpc) is 2.59. The largest absolute Gasteiger partial charge is 0.386 e. The number of rotatable bonds is 17. The molecule has 0 bridgehead atoms. The molecule has 0 heterocycles. The van der Waals surface area contributed by atoms with Crippen LogP contribution in [0.15, 0.2) is 24.3 Å². The minimum atomic E-state index is -0.979. The molecule has 2 unspecified atom stereocenters. The third-order valence-electron chi connectivity index (χ3n) is 4.18. The highest BCUT2D eigenvalue weighted by Gasteiger charge is 2.27. The van der Waals surface area contributed by atoms with Gasteiger partial charge >= 0.3 is 0 Å². The van der Waals surface area contributed by atoms with E-state index in [0.29, 0.717) is 25.7 Å². The fraction of sp³-hybridized carbons (Fsp3) is 0.750. The maximum absolute atomic E-state index is 11.1. The molecule has 0 saturated heterocycles. The molecule has 0 aliphatic carbocycles. The summed E-state index contributed by atoms with van der Waals surface area (Å²) in [5.74, 6) is 0. The van der Waals surface area contributed by atoms with Gasteiger partial charge in [-0.3, -0.25) is 14.9 Å². The molecule has 143 valence electrons. The van der Waals surface area contributed by atoms with E-state index < -0.39 is 17.1 Å². The van der Waals surface area contributed by atoms with Crippen molar-refractivity contribution in [2.24, 2.45) is 0 Å². The standard InChI is InChI=1S/C20H34NO4/c1-2-3-4-5-6-7-8-11-14-17-20(23)19(21(24)25)16-13-10-9-12-15-18-22/h10-11,13-14,19-20,23H,2-9,12,15-17H2,1H3/b13-10-,14-11-. The lowest BCUT2D eigenvalue weighted by molar-refractivity contribution is -0.533. The third-order valence-corrected chi connectivity index (χ3v) is 4.18. The topological polar surface area (TPSA) is 80.4 Å². The van der Waals surface area contributed by atoms with Gasteiger partial charge in [0.1, 0.15) is 6.10 Å². The average molecular weight is 352 g/mol. The highest BCUT2D eigenvalue weighted by Crippen LogP contribution is 2.11. The van der Waals surface area contributed by atoms with Gasteiger partial charge in [0.2, 0.25) is 6.04 Å². The van der Waals surface area contributed by atoms with Crippen LogP contribution >= 0.6 is 0 Å². The molecule has 0 aliphatic heterocycles. The van der Waals surface area contributed by atoms with Crippen molar-refractivity contribution in [2.45, 2.75) is 96.1 Å². The zero-order valence-electron chi connectivity index (χ0n) is 15.6. The molecule has 1 N–H and O–H groups in total. The molecule has 5 nitrogen and oxygen atoms in total. The number of nitrogens with zero attached hydrogens (tertiary/aromatic N) is 1.